The molecule has 0 amide bonds. The molecule has 0 spiro atoms. The second-order valence-electron chi connectivity index (χ2n) is 3.47. The van der Waals surface area contributed by atoms with Crippen LogP contribution in [0.3, 0.4) is 0 Å². The Labute approximate surface area is 90.6 Å². The highest BCUT2D eigenvalue weighted by molar-refractivity contribution is 7.46. The third-order valence-corrected chi connectivity index (χ3v) is 2.50. The molecule has 0 radical (unpaired) electrons. The lowest BCUT2D eigenvalue weighted by Crippen LogP contribution is -2.22. The molecule has 90 valence electrons. The zero-order chi connectivity index (χ0) is 11.7. The summed E-state index contributed by atoms with van der Waals surface area (Å²) in [5, 5.41) is 0. The standard InChI is InChI=1S/C6H13N.C3H7O4P/c7-6-4-2-1-3-5-6;1-2-3-7-8(4,5)6/h6H,1-5,7H2;2H,1,3H2,(H2,4,5,6). The number of rotatable bonds is 3. The third kappa shape index (κ3) is 11.7. The molecule has 0 aromatic rings. The predicted molar refractivity (Wildman–Crippen MR) is 59.3 cm³/mol. The molecule has 0 aromatic heterocycles. The lowest BCUT2D eigenvalue weighted by atomic mass is 9.97. The summed E-state index contributed by atoms with van der Waals surface area (Å²) < 4.78 is 13.7. The van der Waals surface area contributed by atoms with Crippen molar-refractivity contribution >= 4 is 7.82 Å². The zero-order valence-corrected chi connectivity index (χ0v) is 9.73. The first-order chi connectivity index (χ1) is 6.95. The zero-order valence-electron chi connectivity index (χ0n) is 8.84. The van der Waals surface area contributed by atoms with E-state index in [4.69, 9.17) is 15.5 Å². The van der Waals surface area contributed by atoms with Gasteiger partial charge in [-0.15, -0.1) is 6.58 Å². The highest BCUT2D eigenvalue weighted by atomic mass is 31.2. The van der Waals surface area contributed by atoms with Crippen LogP contribution in [0.1, 0.15) is 32.1 Å². The molecule has 1 aliphatic carbocycles. The first kappa shape index (κ1) is 14.8. The second-order valence-corrected chi connectivity index (χ2v) is 4.71. The monoisotopic (exact) mass is 237 g/mol. The van der Waals surface area contributed by atoms with E-state index in [1.807, 2.05) is 0 Å². The van der Waals surface area contributed by atoms with Crippen molar-refractivity contribution in [2.45, 2.75) is 38.1 Å². The van der Waals surface area contributed by atoms with E-state index in [0.717, 1.165) is 0 Å². The lowest BCUT2D eigenvalue weighted by molar-refractivity contribution is 0.216. The van der Waals surface area contributed by atoms with Crippen LogP contribution >= 0.6 is 7.82 Å². The van der Waals surface area contributed by atoms with Crippen LogP contribution in [-0.4, -0.2) is 22.4 Å². The largest absolute Gasteiger partial charge is 0.469 e. The molecule has 0 unspecified atom stereocenters. The number of hydrogen-bond acceptors (Lipinski definition) is 3. The molecule has 1 rings (SSSR count). The Morgan fingerprint density at radius 1 is 1.40 bits per heavy atom. The summed E-state index contributed by atoms with van der Waals surface area (Å²) in [6.07, 6.45) is 7.93. The molecule has 1 saturated carbocycles. The first-order valence-electron chi connectivity index (χ1n) is 5.02. The number of hydrogen-bond donors (Lipinski definition) is 3. The Morgan fingerprint density at radius 3 is 2.13 bits per heavy atom. The van der Waals surface area contributed by atoms with Crippen LogP contribution in [0.5, 0.6) is 0 Å². The van der Waals surface area contributed by atoms with Gasteiger partial charge in [0, 0.05) is 6.04 Å². The van der Waals surface area contributed by atoms with Gasteiger partial charge in [-0.25, -0.2) is 4.57 Å². The lowest BCUT2D eigenvalue weighted by Gasteiger charge is -2.15. The van der Waals surface area contributed by atoms with E-state index in [0.29, 0.717) is 6.04 Å². The van der Waals surface area contributed by atoms with Crippen LogP contribution in [-0.2, 0) is 9.09 Å². The highest BCUT2D eigenvalue weighted by Gasteiger charge is 2.10. The normalized spacial score (nSPS) is 17.8. The molecule has 0 atom stereocenters. The van der Waals surface area contributed by atoms with Gasteiger partial charge in [0.15, 0.2) is 0 Å². The summed E-state index contributed by atoms with van der Waals surface area (Å²) in [4.78, 5) is 16.0. The maximum absolute atomic E-state index is 9.81. The molecule has 1 aliphatic rings. The summed E-state index contributed by atoms with van der Waals surface area (Å²) in [6, 6.07) is 0.536. The Bertz CT molecular complexity index is 210. The minimum atomic E-state index is -4.25. The van der Waals surface area contributed by atoms with Gasteiger partial charge >= 0.3 is 7.82 Å². The first-order valence-corrected chi connectivity index (χ1v) is 6.55. The van der Waals surface area contributed by atoms with Gasteiger partial charge in [0.05, 0.1) is 6.61 Å². The molecule has 6 heteroatoms. The van der Waals surface area contributed by atoms with Crippen molar-refractivity contribution in [1.82, 2.24) is 0 Å². The van der Waals surface area contributed by atoms with E-state index in [9.17, 15) is 4.57 Å². The molecular weight excluding hydrogens is 217 g/mol. The second kappa shape index (κ2) is 8.02. The van der Waals surface area contributed by atoms with Crippen LogP contribution in [0.2, 0.25) is 0 Å². The maximum Gasteiger partial charge on any atom is 0.469 e. The molecule has 0 aromatic carbocycles. The minimum absolute atomic E-state index is 0.121. The van der Waals surface area contributed by atoms with E-state index < -0.39 is 7.82 Å². The SMILES string of the molecule is C=CCOP(=O)(O)O.NC1CCCCC1. The fourth-order valence-corrected chi connectivity index (χ4v) is 1.58. The fraction of sp³-hybridized carbons (Fsp3) is 0.778. The molecule has 0 saturated heterocycles. The van der Waals surface area contributed by atoms with Crippen LogP contribution in [0, 0.1) is 0 Å². The molecule has 0 aliphatic heterocycles. The van der Waals surface area contributed by atoms with Crippen molar-refractivity contribution < 1.29 is 18.9 Å². The fourth-order valence-electron chi connectivity index (χ4n) is 1.28. The Kier molecular flexibility index (Phi) is 7.92. The number of phosphoric acid groups is 1. The average molecular weight is 237 g/mol. The van der Waals surface area contributed by atoms with Gasteiger partial charge in [0.2, 0.25) is 0 Å². The molecule has 4 N–H and O–H groups in total. The number of phosphoric ester groups is 1. The quantitative estimate of drug-likeness (QED) is 0.511. The van der Waals surface area contributed by atoms with Crippen molar-refractivity contribution in [2.24, 2.45) is 5.73 Å². The summed E-state index contributed by atoms with van der Waals surface area (Å²) in [5.74, 6) is 0. The molecule has 15 heavy (non-hydrogen) atoms. The minimum Gasteiger partial charge on any atom is -0.328 e. The van der Waals surface area contributed by atoms with Gasteiger partial charge < -0.3 is 15.5 Å². The van der Waals surface area contributed by atoms with E-state index in [-0.39, 0.29) is 6.61 Å². The summed E-state index contributed by atoms with van der Waals surface area (Å²) in [6.45, 7) is 3.07. The van der Waals surface area contributed by atoms with E-state index in [1.54, 1.807) is 0 Å². The molecular formula is C9H20NO4P. The van der Waals surface area contributed by atoms with Crippen LogP contribution in [0.15, 0.2) is 12.7 Å². The van der Waals surface area contributed by atoms with Crippen molar-refractivity contribution in [2.75, 3.05) is 6.61 Å². The topological polar surface area (TPSA) is 92.8 Å². The van der Waals surface area contributed by atoms with Crippen LogP contribution < -0.4 is 5.73 Å². The van der Waals surface area contributed by atoms with Crippen molar-refractivity contribution in [1.29, 1.82) is 0 Å². The van der Waals surface area contributed by atoms with Gasteiger partial charge in [0.25, 0.3) is 0 Å². The number of nitrogens with two attached hydrogens (primary N) is 1. The Morgan fingerprint density at radius 2 is 1.93 bits per heavy atom. The van der Waals surface area contributed by atoms with E-state index in [1.165, 1.54) is 38.2 Å². The van der Waals surface area contributed by atoms with Gasteiger partial charge in [-0.2, -0.15) is 0 Å². The maximum atomic E-state index is 9.81. The predicted octanol–water partition coefficient (Wildman–Crippen LogP) is 1.56. The smallest absolute Gasteiger partial charge is 0.328 e. The Hall–Kier alpha value is -0.190. The van der Waals surface area contributed by atoms with E-state index >= 15 is 0 Å². The van der Waals surface area contributed by atoms with Gasteiger partial charge in [-0.05, 0) is 12.8 Å². The highest BCUT2D eigenvalue weighted by Crippen LogP contribution is 2.35. The van der Waals surface area contributed by atoms with Gasteiger partial charge in [0.1, 0.15) is 0 Å². The van der Waals surface area contributed by atoms with Gasteiger partial charge in [-0.3, -0.25) is 4.52 Å². The van der Waals surface area contributed by atoms with Crippen molar-refractivity contribution in [3.05, 3.63) is 12.7 Å². The molecule has 1 fully saturated rings. The van der Waals surface area contributed by atoms with Crippen molar-refractivity contribution in [3.8, 4) is 0 Å². The average Bonchev–Trinajstić information content (AvgIpc) is 2.16. The van der Waals surface area contributed by atoms with Crippen LogP contribution in [0.25, 0.3) is 0 Å². The summed E-state index contributed by atoms with van der Waals surface area (Å²) >= 11 is 0. The van der Waals surface area contributed by atoms with Crippen LogP contribution in [0.4, 0.5) is 0 Å². The molecule has 0 bridgehead atoms. The third-order valence-electron chi connectivity index (χ3n) is 2.01. The van der Waals surface area contributed by atoms with E-state index in [2.05, 4.69) is 11.1 Å². The Balaban J connectivity index is 0.000000262. The molecule has 0 heterocycles. The summed E-state index contributed by atoms with van der Waals surface area (Å²) in [5.41, 5.74) is 5.63. The summed E-state index contributed by atoms with van der Waals surface area (Å²) in [7, 11) is -4.25. The molecule has 5 nitrogen and oxygen atoms in total. The van der Waals surface area contributed by atoms with Crippen molar-refractivity contribution in [3.63, 3.8) is 0 Å². The van der Waals surface area contributed by atoms with Gasteiger partial charge in [-0.1, -0.05) is 25.3 Å².